The molecule has 2 heterocycles. The first-order chi connectivity index (χ1) is 10.6. The van der Waals surface area contributed by atoms with Crippen molar-refractivity contribution in [1.29, 1.82) is 0 Å². The number of carboxylic acids is 1. The second-order valence-electron chi connectivity index (χ2n) is 6.76. The molecular formula is C17H20N2O3. The molecule has 1 saturated carbocycles. The van der Waals surface area contributed by atoms with Crippen molar-refractivity contribution >= 4 is 17.7 Å². The highest BCUT2D eigenvalue weighted by molar-refractivity contribution is 5.94. The van der Waals surface area contributed by atoms with Gasteiger partial charge in [0.05, 0.1) is 5.92 Å². The van der Waals surface area contributed by atoms with Crippen LogP contribution in [0.3, 0.4) is 0 Å². The van der Waals surface area contributed by atoms with Gasteiger partial charge in [-0.2, -0.15) is 0 Å². The summed E-state index contributed by atoms with van der Waals surface area (Å²) >= 11 is 0. The van der Waals surface area contributed by atoms with Gasteiger partial charge in [0, 0.05) is 25.3 Å². The smallest absolute Gasteiger partial charge is 0.324 e. The number of hydrogen-bond acceptors (Lipinski definition) is 2. The van der Waals surface area contributed by atoms with Crippen LogP contribution in [0.25, 0.3) is 0 Å². The number of rotatable bonds is 1. The minimum absolute atomic E-state index is 0.0223. The van der Waals surface area contributed by atoms with Gasteiger partial charge in [0.2, 0.25) is 0 Å². The van der Waals surface area contributed by atoms with Crippen LogP contribution in [0.5, 0.6) is 0 Å². The van der Waals surface area contributed by atoms with Crippen LogP contribution in [-0.2, 0) is 11.2 Å². The predicted molar refractivity (Wildman–Crippen MR) is 81.9 cm³/mol. The number of carbonyl (C=O) groups excluding carboxylic acids is 1. The number of piperidine rings is 1. The van der Waals surface area contributed by atoms with E-state index in [4.69, 9.17) is 5.11 Å². The van der Waals surface area contributed by atoms with Crippen molar-refractivity contribution < 1.29 is 14.7 Å². The first-order valence-electron chi connectivity index (χ1n) is 7.98. The molecule has 0 aromatic heterocycles. The maximum Gasteiger partial charge on any atom is 0.324 e. The highest BCUT2D eigenvalue weighted by Gasteiger charge is 2.59. The van der Waals surface area contributed by atoms with Crippen LogP contribution in [0.4, 0.5) is 10.5 Å². The lowest BCUT2D eigenvalue weighted by Gasteiger charge is -2.35. The third kappa shape index (κ3) is 1.99. The fraction of sp³-hybridized carbons (Fsp3) is 0.529. The third-order valence-electron chi connectivity index (χ3n) is 5.64. The molecule has 1 atom stereocenters. The van der Waals surface area contributed by atoms with E-state index in [1.807, 2.05) is 28.0 Å². The van der Waals surface area contributed by atoms with Gasteiger partial charge in [0.15, 0.2) is 0 Å². The number of likely N-dealkylation sites (tertiary alicyclic amines) is 1. The zero-order valence-electron chi connectivity index (χ0n) is 12.5. The van der Waals surface area contributed by atoms with E-state index in [2.05, 4.69) is 6.07 Å². The summed E-state index contributed by atoms with van der Waals surface area (Å²) in [5, 5.41) is 9.14. The molecule has 22 heavy (non-hydrogen) atoms. The molecule has 1 N–H and O–H groups in total. The number of hydrogen-bond donors (Lipinski definition) is 1. The van der Waals surface area contributed by atoms with Crippen LogP contribution >= 0.6 is 0 Å². The monoisotopic (exact) mass is 300 g/mol. The van der Waals surface area contributed by atoms with Crippen molar-refractivity contribution in [2.24, 2.45) is 11.3 Å². The molecular weight excluding hydrogens is 280 g/mol. The van der Waals surface area contributed by atoms with Gasteiger partial charge in [0.25, 0.3) is 0 Å². The maximum atomic E-state index is 12.7. The Hall–Kier alpha value is -2.04. The van der Waals surface area contributed by atoms with E-state index < -0.39 is 5.97 Å². The first-order valence-corrected chi connectivity index (χ1v) is 7.98. The molecule has 1 unspecified atom stereocenters. The molecule has 1 aliphatic carbocycles. The van der Waals surface area contributed by atoms with Crippen LogP contribution in [0.1, 0.15) is 24.8 Å². The first kappa shape index (κ1) is 13.6. The second kappa shape index (κ2) is 4.73. The van der Waals surface area contributed by atoms with E-state index in [0.717, 1.165) is 37.9 Å². The predicted octanol–water partition coefficient (Wildman–Crippen LogP) is 2.36. The largest absolute Gasteiger partial charge is 0.481 e. The molecule has 1 aromatic rings. The molecule has 2 fully saturated rings. The molecule has 1 spiro atoms. The SMILES string of the molecule is O=C(O)C1CC12CCN(C(=O)N1CCc3ccccc31)CC2. The standard InChI is InChI=1S/C17H20N2O3/c20-15(21)13-11-17(13)6-9-18(10-7-17)16(22)19-8-5-12-3-1-2-4-14(12)19/h1-4,13H,5-11H2,(H,20,21). The lowest BCUT2D eigenvalue weighted by Crippen LogP contribution is -2.47. The Labute approximate surface area is 129 Å². The number of aliphatic carboxylic acids is 1. The highest BCUT2D eigenvalue weighted by Crippen LogP contribution is 2.59. The number of para-hydroxylation sites is 1. The molecule has 0 radical (unpaired) electrons. The second-order valence-corrected chi connectivity index (χ2v) is 6.76. The highest BCUT2D eigenvalue weighted by atomic mass is 16.4. The van der Waals surface area contributed by atoms with E-state index in [1.54, 1.807) is 0 Å². The fourth-order valence-electron chi connectivity index (χ4n) is 4.10. The van der Waals surface area contributed by atoms with Crippen molar-refractivity contribution in [3.63, 3.8) is 0 Å². The number of amides is 2. The normalized spacial score (nSPS) is 25.2. The summed E-state index contributed by atoms with van der Waals surface area (Å²) < 4.78 is 0. The molecule has 4 rings (SSSR count). The average molecular weight is 300 g/mol. The molecule has 5 nitrogen and oxygen atoms in total. The lowest BCUT2D eigenvalue weighted by atomic mass is 9.91. The Balaban J connectivity index is 1.43. The van der Waals surface area contributed by atoms with Gasteiger partial charge < -0.3 is 10.0 Å². The molecule has 2 aliphatic heterocycles. The molecule has 116 valence electrons. The Morgan fingerprint density at radius 2 is 1.86 bits per heavy atom. The number of benzene rings is 1. The molecule has 3 aliphatic rings. The van der Waals surface area contributed by atoms with Crippen LogP contribution in [0, 0.1) is 11.3 Å². The zero-order chi connectivity index (χ0) is 15.3. The zero-order valence-corrected chi connectivity index (χ0v) is 12.5. The van der Waals surface area contributed by atoms with E-state index in [1.165, 1.54) is 5.56 Å². The summed E-state index contributed by atoms with van der Waals surface area (Å²) in [4.78, 5) is 27.6. The van der Waals surface area contributed by atoms with E-state index in [-0.39, 0.29) is 17.4 Å². The lowest BCUT2D eigenvalue weighted by molar-refractivity contribution is -0.139. The van der Waals surface area contributed by atoms with Crippen molar-refractivity contribution in [2.75, 3.05) is 24.5 Å². The quantitative estimate of drug-likeness (QED) is 0.866. The molecule has 1 aromatic carbocycles. The summed E-state index contributed by atoms with van der Waals surface area (Å²) in [6.45, 7) is 2.11. The number of nitrogens with zero attached hydrogens (tertiary/aromatic N) is 2. The van der Waals surface area contributed by atoms with E-state index in [0.29, 0.717) is 13.1 Å². The van der Waals surface area contributed by atoms with Crippen LogP contribution in [0.15, 0.2) is 24.3 Å². The summed E-state index contributed by atoms with van der Waals surface area (Å²) in [7, 11) is 0. The van der Waals surface area contributed by atoms with Crippen LogP contribution in [0.2, 0.25) is 0 Å². The number of carbonyl (C=O) groups is 2. The van der Waals surface area contributed by atoms with Crippen molar-refractivity contribution in [3.05, 3.63) is 29.8 Å². The van der Waals surface area contributed by atoms with Gasteiger partial charge in [-0.15, -0.1) is 0 Å². The van der Waals surface area contributed by atoms with E-state index in [9.17, 15) is 9.59 Å². The molecule has 5 heteroatoms. The molecule has 2 amide bonds. The van der Waals surface area contributed by atoms with Crippen molar-refractivity contribution in [3.8, 4) is 0 Å². The van der Waals surface area contributed by atoms with Crippen molar-refractivity contribution in [2.45, 2.75) is 25.7 Å². The average Bonchev–Trinajstić information content (AvgIpc) is 3.06. The van der Waals surface area contributed by atoms with E-state index >= 15 is 0 Å². The topological polar surface area (TPSA) is 60.9 Å². The van der Waals surface area contributed by atoms with Crippen molar-refractivity contribution in [1.82, 2.24) is 4.90 Å². The summed E-state index contributed by atoms with van der Waals surface area (Å²) in [5.41, 5.74) is 2.24. The van der Waals surface area contributed by atoms with Gasteiger partial charge in [-0.1, -0.05) is 18.2 Å². The van der Waals surface area contributed by atoms with Gasteiger partial charge in [-0.05, 0) is 42.7 Å². The third-order valence-corrected chi connectivity index (χ3v) is 5.64. The van der Waals surface area contributed by atoms with Crippen LogP contribution in [-0.4, -0.2) is 41.6 Å². The fourth-order valence-corrected chi connectivity index (χ4v) is 4.10. The maximum absolute atomic E-state index is 12.7. The summed E-state index contributed by atoms with van der Waals surface area (Å²) in [5.74, 6) is -0.856. The Morgan fingerprint density at radius 1 is 1.14 bits per heavy atom. The van der Waals surface area contributed by atoms with Gasteiger partial charge >= 0.3 is 12.0 Å². The number of carboxylic acid groups (broad SMARTS) is 1. The number of anilines is 1. The Kier molecular flexibility index (Phi) is 2.93. The number of urea groups is 1. The molecule has 0 bridgehead atoms. The van der Waals surface area contributed by atoms with Gasteiger partial charge in [-0.3, -0.25) is 9.69 Å². The minimum atomic E-state index is -0.673. The van der Waals surface area contributed by atoms with Crippen LogP contribution < -0.4 is 4.90 Å². The summed E-state index contributed by atoms with van der Waals surface area (Å²) in [6, 6.07) is 8.14. The Bertz CT molecular complexity index is 635. The molecule has 1 saturated heterocycles. The van der Waals surface area contributed by atoms with Gasteiger partial charge in [0.1, 0.15) is 0 Å². The minimum Gasteiger partial charge on any atom is -0.481 e. The van der Waals surface area contributed by atoms with Gasteiger partial charge in [-0.25, -0.2) is 4.79 Å². The Morgan fingerprint density at radius 3 is 2.55 bits per heavy atom. The number of fused-ring (bicyclic) bond motifs is 1. The summed E-state index contributed by atoms with van der Waals surface area (Å²) in [6.07, 6.45) is 3.36.